The molecule has 2 aromatic rings. The molecule has 0 saturated carbocycles. The molecule has 35 heavy (non-hydrogen) atoms. The van der Waals surface area contributed by atoms with Gasteiger partial charge in [-0.05, 0) is 43.2 Å². The Kier molecular flexibility index (Phi) is 7.07. The molecular formula is C29H38N2O4. The van der Waals surface area contributed by atoms with Gasteiger partial charge in [-0.1, -0.05) is 81.4 Å². The van der Waals surface area contributed by atoms with Gasteiger partial charge in [-0.25, -0.2) is 4.79 Å². The number of likely N-dealkylation sites (tertiary alicyclic amines) is 1. The second-order valence-corrected chi connectivity index (χ2v) is 11.1. The van der Waals surface area contributed by atoms with Crippen molar-refractivity contribution in [3.63, 3.8) is 0 Å². The first-order valence-corrected chi connectivity index (χ1v) is 12.5. The van der Waals surface area contributed by atoms with Gasteiger partial charge >= 0.3 is 5.97 Å². The number of β-lactam (4-membered cyclic amide) rings is 1. The highest BCUT2D eigenvalue weighted by Gasteiger charge is 2.75. The maximum absolute atomic E-state index is 13.8. The molecule has 0 aromatic heterocycles. The van der Waals surface area contributed by atoms with Crippen molar-refractivity contribution < 1.29 is 19.1 Å². The number of hydrogen-bond donors (Lipinski definition) is 1. The third-order valence-corrected chi connectivity index (χ3v) is 8.00. The second-order valence-electron chi connectivity index (χ2n) is 11.1. The molecule has 2 heterocycles. The summed E-state index contributed by atoms with van der Waals surface area (Å²) in [6.45, 7) is 11.2. The molecule has 3 unspecified atom stereocenters. The van der Waals surface area contributed by atoms with E-state index in [1.54, 1.807) is 4.90 Å². The van der Waals surface area contributed by atoms with Crippen molar-refractivity contribution >= 4 is 11.9 Å². The molecule has 0 bridgehead atoms. The molecule has 1 amide bonds. The number of nitrogens with one attached hydrogen (secondary N) is 1. The number of amides is 1. The van der Waals surface area contributed by atoms with Crippen LogP contribution in [-0.2, 0) is 32.3 Å². The molecule has 1 N–H and O–H groups in total. The van der Waals surface area contributed by atoms with Crippen LogP contribution in [0.25, 0.3) is 0 Å². The molecular weight excluding hydrogens is 440 g/mol. The monoisotopic (exact) mass is 478 g/mol. The Morgan fingerprint density at radius 1 is 1.06 bits per heavy atom. The van der Waals surface area contributed by atoms with Gasteiger partial charge in [0, 0.05) is 6.04 Å². The van der Waals surface area contributed by atoms with E-state index >= 15 is 0 Å². The van der Waals surface area contributed by atoms with Crippen molar-refractivity contribution in [3.05, 3.63) is 71.8 Å². The third-order valence-electron chi connectivity index (χ3n) is 8.00. The van der Waals surface area contributed by atoms with Crippen molar-refractivity contribution in [3.8, 4) is 0 Å². The largest absolute Gasteiger partial charge is 0.459 e. The Morgan fingerprint density at radius 3 is 2.14 bits per heavy atom. The predicted octanol–water partition coefficient (Wildman–Crippen LogP) is 4.47. The summed E-state index contributed by atoms with van der Waals surface area (Å²) in [7, 11) is 0. The minimum Gasteiger partial charge on any atom is -0.459 e. The average molecular weight is 479 g/mol. The highest BCUT2D eigenvalue weighted by atomic mass is 16.5. The Morgan fingerprint density at radius 2 is 1.63 bits per heavy atom. The van der Waals surface area contributed by atoms with E-state index in [0.29, 0.717) is 6.61 Å². The zero-order chi connectivity index (χ0) is 25.3. The smallest absolute Gasteiger partial charge is 0.331 e. The van der Waals surface area contributed by atoms with Crippen LogP contribution in [0.2, 0.25) is 0 Å². The van der Waals surface area contributed by atoms with Crippen molar-refractivity contribution in [2.75, 3.05) is 6.61 Å². The van der Waals surface area contributed by atoms with Crippen molar-refractivity contribution in [2.24, 2.45) is 5.41 Å². The number of esters is 1. The fourth-order valence-electron chi connectivity index (χ4n) is 5.71. The van der Waals surface area contributed by atoms with Crippen LogP contribution in [-0.4, -0.2) is 46.5 Å². The van der Waals surface area contributed by atoms with Gasteiger partial charge in [0.1, 0.15) is 12.1 Å². The molecule has 0 radical (unpaired) electrons. The lowest BCUT2D eigenvalue weighted by Crippen LogP contribution is -2.90. The highest BCUT2D eigenvalue weighted by Crippen LogP contribution is 2.57. The van der Waals surface area contributed by atoms with Crippen molar-refractivity contribution in [1.29, 1.82) is 0 Å². The van der Waals surface area contributed by atoms with Gasteiger partial charge in [-0.15, -0.1) is 0 Å². The van der Waals surface area contributed by atoms with E-state index in [4.69, 9.17) is 9.47 Å². The Labute approximate surface area is 209 Å². The number of carbonyl (C=O) groups excluding carboxylic acids is 2. The number of hydrogen-bond acceptors (Lipinski definition) is 5. The van der Waals surface area contributed by atoms with Crippen LogP contribution in [0.3, 0.4) is 0 Å². The summed E-state index contributed by atoms with van der Waals surface area (Å²) in [6.07, 6.45) is 1.69. The molecule has 1 spiro atoms. The second kappa shape index (κ2) is 9.75. The number of nitrogens with zero attached hydrogens (tertiary/aromatic N) is 1. The zero-order valence-corrected chi connectivity index (χ0v) is 21.5. The molecule has 2 aliphatic heterocycles. The summed E-state index contributed by atoms with van der Waals surface area (Å²) in [5.74, 6) is -0.476. The molecule has 4 atom stereocenters. The normalized spacial score (nSPS) is 27.1. The van der Waals surface area contributed by atoms with Gasteiger partial charge in [0.05, 0.1) is 18.8 Å². The lowest BCUT2D eigenvalue weighted by molar-refractivity contribution is -0.212. The first-order valence-electron chi connectivity index (χ1n) is 12.5. The topological polar surface area (TPSA) is 67.9 Å². The number of benzene rings is 2. The van der Waals surface area contributed by atoms with Crippen LogP contribution in [0.15, 0.2) is 60.7 Å². The standard InChI is InChI=1S/C29H38N2O4/c1-21-16-17-29(30-21)26(33)31(28(29,5)27(2,3)4)24(20-34-18-22-12-8-6-9-13-22)25(32)35-19-23-14-10-7-11-15-23/h6-15,21,24,30H,16-20H2,1-5H3/t21?,24-,28?,29?/m0/s1. The lowest BCUT2D eigenvalue weighted by Gasteiger charge is -2.69. The summed E-state index contributed by atoms with van der Waals surface area (Å²) >= 11 is 0. The van der Waals surface area contributed by atoms with E-state index in [0.717, 1.165) is 24.0 Å². The molecule has 0 aliphatic carbocycles. The molecule has 2 saturated heterocycles. The van der Waals surface area contributed by atoms with Crippen LogP contribution in [0, 0.1) is 5.41 Å². The third kappa shape index (κ3) is 4.50. The summed E-state index contributed by atoms with van der Waals surface area (Å²) in [5, 5.41) is 3.59. The fourth-order valence-corrected chi connectivity index (χ4v) is 5.71. The molecule has 2 aromatic carbocycles. The lowest BCUT2D eigenvalue weighted by atomic mass is 9.54. The van der Waals surface area contributed by atoms with E-state index in [9.17, 15) is 9.59 Å². The van der Waals surface area contributed by atoms with Gasteiger partial charge in [0.15, 0.2) is 6.04 Å². The summed E-state index contributed by atoms with van der Waals surface area (Å²) in [4.78, 5) is 29.1. The molecule has 4 rings (SSSR count). The molecule has 6 heteroatoms. The fraction of sp³-hybridized carbons (Fsp3) is 0.517. The summed E-state index contributed by atoms with van der Waals surface area (Å²) < 4.78 is 11.8. The van der Waals surface area contributed by atoms with E-state index in [1.165, 1.54) is 0 Å². The Hall–Kier alpha value is -2.70. The molecule has 6 nitrogen and oxygen atoms in total. The van der Waals surface area contributed by atoms with E-state index in [-0.39, 0.29) is 30.6 Å². The highest BCUT2D eigenvalue weighted by molar-refractivity contribution is 6.00. The van der Waals surface area contributed by atoms with Gasteiger partial charge in [0.25, 0.3) is 0 Å². The minimum absolute atomic E-state index is 0.0377. The van der Waals surface area contributed by atoms with Crippen LogP contribution >= 0.6 is 0 Å². The summed E-state index contributed by atoms with van der Waals surface area (Å²) in [5.41, 5.74) is 0.368. The maximum Gasteiger partial charge on any atom is 0.331 e. The van der Waals surface area contributed by atoms with Gasteiger partial charge in [0.2, 0.25) is 5.91 Å². The first-order chi connectivity index (χ1) is 16.6. The predicted molar refractivity (Wildman–Crippen MR) is 135 cm³/mol. The summed E-state index contributed by atoms with van der Waals surface area (Å²) in [6, 6.07) is 18.8. The molecule has 2 fully saturated rings. The van der Waals surface area contributed by atoms with E-state index in [1.807, 2.05) is 60.7 Å². The number of carbonyl (C=O) groups is 2. The van der Waals surface area contributed by atoms with Crippen molar-refractivity contribution in [2.45, 2.75) is 83.8 Å². The van der Waals surface area contributed by atoms with Crippen LogP contribution in [0.1, 0.15) is 58.6 Å². The SMILES string of the molecule is CC1CCC2(N1)C(=O)N([C@@H](COCc1ccccc1)C(=O)OCc1ccccc1)C2(C)C(C)(C)C. The quantitative estimate of drug-likeness (QED) is 0.448. The molecule has 188 valence electrons. The zero-order valence-electron chi connectivity index (χ0n) is 21.5. The average Bonchev–Trinajstić information content (AvgIpc) is 3.26. The van der Waals surface area contributed by atoms with Crippen molar-refractivity contribution in [1.82, 2.24) is 10.2 Å². The van der Waals surface area contributed by atoms with Gasteiger partial charge < -0.3 is 14.4 Å². The maximum atomic E-state index is 13.8. The Bertz CT molecular complexity index is 1040. The minimum atomic E-state index is -0.831. The Balaban J connectivity index is 1.59. The van der Waals surface area contributed by atoms with Gasteiger partial charge in [-0.2, -0.15) is 0 Å². The van der Waals surface area contributed by atoms with E-state index < -0.39 is 23.1 Å². The number of rotatable bonds is 8. The molecule has 2 aliphatic rings. The first kappa shape index (κ1) is 25.4. The van der Waals surface area contributed by atoms with E-state index in [2.05, 4.69) is 39.9 Å². The van der Waals surface area contributed by atoms with Crippen LogP contribution < -0.4 is 5.32 Å². The van der Waals surface area contributed by atoms with Gasteiger partial charge in [-0.3, -0.25) is 10.1 Å². The number of ether oxygens (including phenoxy) is 2. The van der Waals surface area contributed by atoms with Crippen LogP contribution in [0.4, 0.5) is 0 Å². The van der Waals surface area contributed by atoms with Crippen LogP contribution in [0.5, 0.6) is 0 Å².